The summed E-state index contributed by atoms with van der Waals surface area (Å²) >= 11 is 1.66. The van der Waals surface area contributed by atoms with Gasteiger partial charge in [0.1, 0.15) is 6.54 Å². The van der Waals surface area contributed by atoms with Crippen LogP contribution in [-0.4, -0.2) is 67.4 Å². The van der Waals surface area contributed by atoms with E-state index in [1.54, 1.807) is 30.3 Å². The molecule has 0 spiro atoms. The monoisotopic (exact) mass is 325 g/mol. The summed E-state index contributed by atoms with van der Waals surface area (Å²) in [6, 6.07) is 0. The topological polar surface area (TPSA) is 60.8 Å². The van der Waals surface area contributed by atoms with Crippen LogP contribution in [0, 0.1) is 0 Å². The smallest absolute Gasteiger partial charge is 0.243 e. The first-order chi connectivity index (χ1) is 10.5. The van der Waals surface area contributed by atoms with Crippen LogP contribution in [0.25, 0.3) is 0 Å². The van der Waals surface area contributed by atoms with Gasteiger partial charge in [-0.2, -0.15) is 0 Å². The number of guanidine groups is 1. The Morgan fingerprint density at radius 3 is 2.77 bits per heavy atom. The lowest BCUT2D eigenvalue weighted by Crippen LogP contribution is -2.41. The van der Waals surface area contributed by atoms with Crippen molar-refractivity contribution in [2.75, 3.05) is 40.8 Å². The van der Waals surface area contributed by atoms with Gasteiger partial charge in [-0.15, -0.1) is 11.3 Å². The molecule has 1 rings (SSSR count). The van der Waals surface area contributed by atoms with Gasteiger partial charge in [0.2, 0.25) is 5.91 Å². The Balaban J connectivity index is 2.57. The number of likely N-dealkylation sites (N-methyl/N-ethyl adjacent to an activating group) is 2. The van der Waals surface area contributed by atoms with E-state index in [0.29, 0.717) is 0 Å². The highest BCUT2D eigenvalue weighted by Crippen LogP contribution is 2.05. The molecule has 0 unspecified atom stereocenters. The second kappa shape index (κ2) is 10.2. The van der Waals surface area contributed by atoms with Crippen molar-refractivity contribution in [3.63, 3.8) is 0 Å². The number of carbonyl (C=O) groups is 1. The molecule has 0 radical (unpaired) electrons. The second-order valence-corrected chi connectivity index (χ2v) is 6.28. The zero-order valence-corrected chi connectivity index (χ0v) is 14.8. The number of hydrogen-bond donors (Lipinski definition) is 1. The number of aliphatic imine (C=N–C) groups is 1. The van der Waals surface area contributed by atoms with Crippen LogP contribution in [0.2, 0.25) is 0 Å². The zero-order valence-electron chi connectivity index (χ0n) is 14.0. The average Bonchev–Trinajstić information content (AvgIpc) is 3.01. The maximum atomic E-state index is 11.7. The summed E-state index contributed by atoms with van der Waals surface area (Å²) in [5, 5.41) is 6.43. The predicted octanol–water partition coefficient (Wildman–Crippen LogP) is 1.45. The molecule has 22 heavy (non-hydrogen) atoms. The van der Waals surface area contributed by atoms with Crippen LogP contribution in [0.4, 0.5) is 0 Å². The number of nitrogens with zero attached hydrogens (tertiary/aromatic N) is 4. The average molecular weight is 325 g/mol. The summed E-state index contributed by atoms with van der Waals surface area (Å²) in [5.74, 6) is 0.781. The number of hydrogen-bond acceptors (Lipinski definition) is 4. The van der Waals surface area contributed by atoms with E-state index in [2.05, 4.69) is 27.1 Å². The van der Waals surface area contributed by atoms with E-state index >= 15 is 0 Å². The normalized spacial score (nSPS) is 11.4. The fourth-order valence-corrected chi connectivity index (χ4v) is 2.33. The number of unbranched alkanes of at least 4 members (excludes halogenated alkanes) is 1. The third-order valence-electron chi connectivity index (χ3n) is 3.18. The lowest BCUT2D eigenvalue weighted by atomic mass is 10.3. The third kappa shape index (κ3) is 6.89. The first-order valence-corrected chi connectivity index (χ1v) is 8.50. The maximum Gasteiger partial charge on any atom is 0.243 e. The molecule has 0 atom stereocenters. The third-order valence-corrected chi connectivity index (χ3v) is 4.02. The minimum Gasteiger partial charge on any atom is -0.356 e. The highest BCUT2D eigenvalue weighted by molar-refractivity contribution is 7.09. The van der Waals surface area contributed by atoms with Crippen molar-refractivity contribution in [3.05, 3.63) is 16.6 Å². The van der Waals surface area contributed by atoms with Gasteiger partial charge in [-0.05, 0) is 6.42 Å². The van der Waals surface area contributed by atoms with Crippen molar-refractivity contribution in [1.29, 1.82) is 0 Å². The Morgan fingerprint density at radius 2 is 2.18 bits per heavy atom. The van der Waals surface area contributed by atoms with Crippen molar-refractivity contribution >= 4 is 23.2 Å². The Hall–Kier alpha value is -1.63. The first kappa shape index (κ1) is 18.4. The lowest BCUT2D eigenvalue weighted by molar-refractivity contribution is -0.127. The SMILES string of the molecule is CCCCNC(=NCC(=O)N(C)C)N(C)CCc1nccs1. The van der Waals surface area contributed by atoms with Gasteiger partial charge in [-0.25, -0.2) is 9.98 Å². The molecule has 1 heterocycles. The number of rotatable bonds is 8. The first-order valence-electron chi connectivity index (χ1n) is 7.62. The van der Waals surface area contributed by atoms with E-state index < -0.39 is 0 Å². The van der Waals surface area contributed by atoms with E-state index in [1.165, 1.54) is 0 Å². The van der Waals surface area contributed by atoms with Crippen LogP contribution in [0.15, 0.2) is 16.6 Å². The van der Waals surface area contributed by atoms with Crippen molar-refractivity contribution in [1.82, 2.24) is 20.1 Å². The number of amides is 1. The van der Waals surface area contributed by atoms with Crippen LogP contribution in [0.1, 0.15) is 24.8 Å². The molecule has 1 aromatic heterocycles. The Kier molecular flexibility index (Phi) is 8.50. The molecular formula is C15H27N5OS. The fourth-order valence-electron chi connectivity index (χ4n) is 1.72. The van der Waals surface area contributed by atoms with Crippen molar-refractivity contribution < 1.29 is 4.79 Å². The van der Waals surface area contributed by atoms with Gasteiger partial charge in [0.15, 0.2) is 5.96 Å². The number of nitrogens with one attached hydrogen (secondary N) is 1. The molecule has 1 aromatic rings. The molecule has 124 valence electrons. The molecule has 0 saturated heterocycles. The quantitative estimate of drug-likeness (QED) is 0.446. The van der Waals surface area contributed by atoms with Gasteiger partial charge < -0.3 is 15.1 Å². The van der Waals surface area contributed by atoms with Crippen LogP contribution >= 0.6 is 11.3 Å². The Labute approximate surface area is 137 Å². The van der Waals surface area contributed by atoms with E-state index in [4.69, 9.17) is 0 Å². The fraction of sp³-hybridized carbons (Fsp3) is 0.667. The zero-order chi connectivity index (χ0) is 16.4. The summed E-state index contributed by atoms with van der Waals surface area (Å²) in [5.41, 5.74) is 0. The van der Waals surface area contributed by atoms with E-state index in [1.807, 2.05) is 18.6 Å². The van der Waals surface area contributed by atoms with Gasteiger partial charge in [-0.1, -0.05) is 13.3 Å². The summed E-state index contributed by atoms with van der Waals surface area (Å²) in [6.45, 7) is 4.01. The van der Waals surface area contributed by atoms with Gasteiger partial charge >= 0.3 is 0 Å². The molecule has 0 aliphatic rings. The van der Waals surface area contributed by atoms with E-state index in [0.717, 1.165) is 43.3 Å². The molecule has 0 aromatic carbocycles. The van der Waals surface area contributed by atoms with Crippen LogP contribution in [0.5, 0.6) is 0 Å². The lowest BCUT2D eigenvalue weighted by Gasteiger charge is -2.22. The molecular weight excluding hydrogens is 298 g/mol. The largest absolute Gasteiger partial charge is 0.356 e. The summed E-state index contributed by atoms with van der Waals surface area (Å²) in [7, 11) is 5.48. The van der Waals surface area contributed by atoms with E-state index in [9.17, 15) is 4.79 Å². The van der Waals surface area contributed by atoms with Gasteiger partial charge in [-0.3, -0.25) is 4.79 Å². The van der Waals surface area contributed by atoms with Crippen LogP contribution in [0.3, 0.4) is 0 Å². The number of thiazole rings is 1. The van der Waals surface area contributed by atoms with Crippen molar-refractivity contribution in [2.24, 2.45) is 4.99 Å². The summed E-state index contributed by atoms with van der Waals surface area (Å²) in [6.07, 6.45) is 4.91. The molecule has 0 fully saturated rings. The van der Waals surface area contributed by atoms with Crippen LogP contribution in [-0.2, 0) is 11.2 Å². The molecule has 6 nitrogen and oxygen atoms in total. The molecule has 1 amide bonds. The van der Waals surface area contributed by atoms with Gasteiger partial charge in [0, 0.05) is 52.2 Å². The minimum absolute atomic E-state index is 0.00288. The second-order valence-electron chi connectivity index (χ2n) is 5.31. The highest BCUT2D eigenvalue weighted by atomic mass is 32.1. The predicted molar refractivity (Wildman–Crippen MR) is 92.4 cm³/mol. The number of aromatic nitrogens is 1. The Morgan fingerprint density at radius 1 is 1.41 bits per heavy atom. The van der Waals surface area contributed by atoms with Gasteiger partial charge in [0.05, 0.1) is 5.01 Å². The van der Waals surface area contributed by atoms with Crippen LogP contribution < -0.4 is 5.32 Å². The molecule has 7 heteroatoms. The number of carbonyl (C=O) groups excluding carboxylic acids is 1. The molecule has 0 saturated carbocycles. The van der Waals surface area contributed by atoms with E-state index in [-0.39, 0.29) is 12.5 Å². The summed E-state index contributed by atoms with van der Waals surface area (Å²) < 4.78 is 0. The molecule has 0 bridgehead atoms. The van der Waals surface area contributed by atoms with Gasteiger partial charge in [0.25, 0.3) is 0 Å². The standard InChI is InChI=1S/C15H27N5OS/c1-5-6-8-17-15(18-12-14(21)19(2)3)20(4)10-7-13-16-9-11-22-13/h9,11H,5-8,10,12H2,1-4H3,(H,17,18). The minimum atomic E-state index is 0.00288. The molecule has 0 aliphatic carbocycles. The van der Waals surface area contributed by atoms with Crippen molar-refractivity contribution in [2.45, 2.75) is 26.2 Å². The Bertz CT molecular complexity index is 459. The molecule has 0 aliphatic heterocycles. The van der Waals surface area contributed by atoms with Crippen molar-refractivity contribution in [3.8, 4) is 0 Å². The highest BCUT2D eigenvalue weighted by Gasteiger charge is 2.09. The summed E-state index contributed by atoms with van der Waals surface area (Å²) in [4.78, 5) is 24.1. The molecule has 1 N–H and O–H groups in total. The maximum absolute atomic E-state index is 11.7.